The Morgan fingerprint density at radius 3 is 2.44 bits per heavy atom. The van der Waals surface area contributed by atoms with Crippen LogP contribution in [-0.2, 0) is 0 Å². The highest BCUT2D eigenvalue weighted by molar-refractivity contribution is 6.00. The van der Waals surface area contributed by atoms with Crippen LogP contribution in [0.2, 0.25) is 0 Å². The summed E-state index contributed by atoms with van der Waals surface area (Å²) in [5.74, 6) is 0.513. The molecule has 0 aliphatic carbocycles. The molecule has 0 radical (unpaired) electrons. The molecule has 0 saturated heterocycles. The van der Waals surface area contributed by atoms with Crippen molar-refractivity contribution in [3.63, 3.8) is 0 Å². The van der Waals surface area contributed by atoms with Crippen LogP contribution in [-0.4, -0.2) is 27.5 Å². The van der Waals surface area contributed by atoms with E-state index in [9.17, 15) is 10.2 Å². The molecule has 0 amide bonds. The van der Waals surface area contributed by atoms with Gasteiger partial charge in [0.25, 0.3) is 0 Å². The molecule has 3 N–H and O–H groups in total. The molecule has 0 fully saturated rings. The minimum Gasteiger partial charge on any atom is -0.367 e. The molecule has 1 aromatic rings. The molecule has 1 aliphatic heterocycles. The van der Waals surface area contributed by atoms with Crippen molar-refractivity contribution in [2.45, 2.75) is 32.2 Å². The van der Waals surface area contributed by atoms with Crippen molar-refractivity contribution in [3.05, 3.63) is 35.4 Å². The fourth-order valence-corrected chi connectivity index (χ4v) is 1.63. The summed E-state index contributed by atoms with van der Waals surface area (Å²) in [5, 5.41) is 22.7. The molecular formula is C12H16N2O2. The number of hydrogen-bond donors (Lipinski definition) is 3. The monoisotopic (exact) mass is 220 g/mol. The van der Waals surface area contributed by atoms with Crippen LogP contribution in [0.4, 0.5) is 0 Å². The minimum atomic E-state index is -1.51. The largest absolute Gasteiger partial charge is 0.367 e. The van der Waals surface area contributed by atoms with Gasteiger partial charge >= 0.3 is 0 Å². The number of nitrogens with zero attached hydrogens (tertiary/aromatic N) is 1. The zero-order valence-corrected chi connectivity index (χ0v) is 9.65. The first kappa shape index (κ1) is 11.1. The molecule has 1 aliphatic rings. The highest BCUT2D eigenvalue weighted by Gasteiger charge is 2.47. The van der Waals surface area contributed by atoms with Gasteiger partial charge < -0.3 is 15.5 Å². The van der Waals surface area contributed by atoms with Gasteiger partial charge in [0.1, 0.15) is 5.84 Å². The summed E-state index contributed by atoms with van der Waals surface area (Å²) in [6.45, 7) is 4.96. The molecule has 0 saturated carbocycles. The maximum absolute atomic E-state index is 9.95. The Hall–Kier alpha value is -1.39. The van der Waals surface area contributed by atoms with E-state index < -0.39 is 11.4 Å². The average molecular weight is 220 g/mol. The molecule has 1 heterocycles. The highest BCUT2D eigenvalue weighted by atomic mass is 16.4. The predicted molar refractivity (Wildman–Crippen MR) is 62.1 cm³/mol. The average Bonchev–Trinajstić information content (AvgIpc) is 2.36. The molecular weight excluding hydrogens is 204 g/mol. The van der Waals surface area contributed by atoms with Crippen LogP contribution in [0.1, 0.15) is 25.0 Å². The van der Waals surface area contributed by atoms with E-state index in [0.717, 1.165) is 11.1 Å². The van der Waals surface area contributed by atoms with Gasteiger partial charge in [0, 0.05) is 5.56 Å². The standard InChI is InChI=1S/C12H16N2O2/c1-8-5-4-6-9(7-8)10-13-11(2,15)12(3,16)14-10/h4-7,15-16H,1-3H3,(H,13,14)/t11-,12-/m0/s1. The van der Waals surface area contributed by atoms with E-state index in [4.69, 9.17) is 0 Å². The van der Waals surface area contributed by atoms with Crippen molar-refractivity contribution < 1.29 is 10.2 Å². The predicted octanol–water partition coefficient (Wildman–Crippen LogP) is 0.762. The third-order valence-electron chi connectivity index (χ3n) is 2.91. The molecule has 86 valence electrons. The summed E-state index contributed by atoms with van der Waals surface area (Å²) in [6.07, 6.45) is 0. The van der Waals surface area contributed by atoms with Crippen LogP contribution in [0.5, 0.6) is 0 Å². The minimum absolute atomic E-state index is 0.513. The maximum atomic E-state index is 9.95. The van der Waals surface area contributed by atoms with Crippen LogP contribution in [0, 0.1) is 6.92 Å². The smallest absolute Gasteiger partial charge is 0.203 e. The summed E-state index contributed by atoms with van der Waals surface area (Å²) >= 11 is 0. The second-order valence-corrected chi connectivity index (χ2v) is 4.55. The Bertz CT molecular complexity index is 450. The molecule has 2 atom stereocenters. The molecule has 4 heteroatoms. The number of nitrogens with one attached hydrogen (secondary N) is 1. The van der Waals surface area contributed by atoms with Gasteiger partial charge in [0.15, 0.2) is 5.72 Å². The molecule has 0 bridgehead atoms. The molecule has 1 aromatic carbocycles. The van der Waals surface area contributed by atoms with Crippen LogP contribution in [0.25, 0.3) is 0 Å². The number of aliphatic imine (C=N–C) groups is 1. The first-order valence-corrected chi connectivity index (χ1v) is 5.22. The molecule has 16 heavy (non-hydrogen) atoms. The van der Waals surface area contributed by atoms with Crippen LogP contribution in [0.3, 0.4) is 0 Å². The molecule has 0 unspecified atom stereocenters. The lowest BCUT2D eigenvalue weighted by atomic mass is 10.1. The number of benzene rings is 1. The Balaban J connectivity index is 2.39. The number of amidine groups is 1. The van der Waals surface area contributed by atoms with E-state index in [1.165, 1.54) is 13.8 Å². The Labute approximate surface area is 94.6 Å². The van der Waals surface area contributed by atoms with Crippen molar-refractivity contribution >= 4 is 5.84 Å². The van der Waals surface area contributed by atoms with E-state index in [-0.39, 0.29) is 0 Å². The summed E-state index contributed by atoms with van der Waals surface area (Å²) in [7, 11) is 0. The second-order valence-electron chi connectivity index (χ2n) is 4.55. The summed E-state index contributed by atoms with van der Waals surface area (Å²) in [5.41, 5.74) is -0.982. The van der Waals surface area contributed by atoms with Crippen LogP contribution < -0.4 is 5.32 Å². The van der Waals surface area contributed by atoms with E-state index in [0.29, 0.717) is 5.84 Å². The van der Waals surface area contributed by atoms with Gasteiger partial charge in [0.2, 0.25) is 5.72 Å². The zero-order valence-electron chi connectivity index (χ0n) is 9.65. The number of aryl methyl sites for hydroxylation is 1. The van der Waals surface area contributed by atoms with Crippen molar-refractivity contribution in [1.29, 1.82) is 0 Å². The topological polar surface area (TPSA) is 64.9 Å². The Kier molecular flexibility index (Phi) is 2.29. The fourth-order valence-electron chi connectivity index (χ4n) is 1.63. The number of rotatable bonds is 1. The molecule has 0 spiro atoms. The van der Waals surface area contributed by atoms with Crippen molar-refractivity contribution in [2.75, 3.05) is 0 Å². The summed E-state index contributed by atoms with van der Waals surface area (Å²) in [6, 6.07) is 7.73. The van der Waals surface area contributed by atoms with E-state index in [2.05, 4.69) is 10.3 Å². The Morgan fingerprint density at radius 1 is 1.25 bits per heavy atom. The van der Waals surface area contributed by atoms with E-state index in [1.54, 1.807) is 0 Å². The highest BCUT2D eigenvalue weighted by Crippen LogP contribution is 2.27. The van der Waals surface area contributed by atoms with Gasteiger partial charge in [-0.25, -0.2) is 4.99 Å². The van der Waals surface area contributed by atoms with Gasteiger partial charge in [-0.1, -0.05) is 23.8 Å². The lowest BCUT2D eigenvalue weighted by molar-refractivity contribution is -0.122. The van der Waals surface area contributed by atoms with Gasteiger partial charge in [-0.15, -0.1) is 0 Å². The zero-order chi connectivity index (χ0) is 12.0. The SMILES string of the molecule is Cc1cccc(C2=N[C@@](C)(O)[C@](C)(O)N2)c1. The fraction of sp³-hybridized carbons (Fsp3) is 0.417. The summed E-state index contributed by atoms with van der Waals surface area (Å²) < 4.78 is 0. The molecule has 4 nitrogen and oxygen atoms in total. The van der Waals surface area contributed by atoms with Crippen molar-refractivity contribution in [1.82, 2.24) is 5.32 Å². The molecule has 2 rings (SSSR count). The Morgan fingerprint density at radius 2 is 1.94 bits per heavy atom. The lowest BCUT2D eigenvalue weighted by Crippen LogP contribution is -2.54. The van der Waals surface area contributed by atoms with E-state index >= 15 is 0 Å². The van der Waals surface area contributed by atoms with Gasteiger partial charge in [-0.2, -0.15) is 0 Å². The third kappa shape index (κ3) is 1.70. The third-order valence-corrected chi connectivity index (χ3v) is 2.91. The first-order valence-electron chi connectivity index (χ1n) is 5.22. The first-order chi connectivity index (χ1) is 7.32. The number of aliphatic hydroxyl groups is 2. The van der Waals surface area contributed by atoms with Gasteiger partial charge in [0.05, 0.1) is 0 Å². The maximum Gasteiger partial charge on any atom is 0.203 e. The van der Waals surface area contributed by atoms with Crippen molar-refractivity contribution in [3.8, 4) is 0 Å². The quantitative estimate of drug-likeness (QED) is 0.654. The van der Waals surface area contributed by atoms with Gasteiger partial charge in [-0.05, 0) is 26.8 Å². The normalized spacial score (nSPS) is 33.4. The van der Waals surface area contributed by atoms with Crippen molar-refractivity contribution in [2.24, 2.45) is 4.99 Å². The van der Waals surface area contributed by atoms with Gasteiger partial charge in [-0.3, -0.25) is 0 Å². The second kappa shape index (κ2) is 3.30. The number of hydrogen-bond acceptors (Lipinski definition) is 4. The molecule has 0 aromatic heterocycles. The summed E-state index contributed by atoms with van der Waals surface area (Å²) in [4.78, 5) is 4.10. The van der Waals surface area contributed by atoms with Crippen LogP contribution >= 0.6 is 0 Å². The van der Waals surface area contributed by atoms with E-state index in [1.807, 2.05) is 31.2 Å². The van der Waals surface area contributed by atoms with Crippen LogP contribution in [0.15, 0.2) is 29.3 Å². The lowest BCUT2D eigenvalue weighted by Gasteiger charge is -2.29.